The number of carbonyl (C=O) groups is 1. The highest BCUT2D eigenvalue weighted by atomic mass is 16.2. The van der Waals surface area contributed by atoms with Gasteiger partial charge in [-0.2, -0.15) is 0 Å². The van der Waals surface area contributed by atoms with Crippen molar-refractivity contribution < 1.29 is 9.90 Å². The minimum Gasteiger partial charge on any atom is -0.395 e. The third-order valence-corrected chi connectivity index (χ3v) is 2.08. The molecule has 19 heavy (non-hydrogen) atoms. The highest BCUT2D eigenvalue weighted by Crippen LogP contribution is 2.10. The van der Waals surface area contributed by atoms with Crippen LogP contribution in [0.2, 0.25) is 0 Å². The van der Waals surface area contributed by atoms with Gasteiger partial charge in [0.05, 0.1) is 6.61 Å². The molecule has 4 heteroatoms. The van der Waals surface area contributed by atoms with Crippen molar-refractivity contribution in [3.8, 4) is 11.8 Å². The summed E-state index contributed by atoms with van der Waals surface area (Å²) in [6.07, 6.45) is 0.447. The van der Waals surface area contributed by atoms with E-state index in [4.69, 9.17) is 5.11 Å². The van der Waals surface area contributed by atoms with E-state index in [1.807, 2.05) is 32.9 Å². The van der Waals surface area contributed by atoms with Gasteiger partial charge in [-0.25, -0.2) is 4.79 Å². The quantitative estimate of drug-likeness (QED) is 0.715. The summed E-state index contributed by atoms with van der Waals surface area (Å²) >= 11 is 0. The van der Waals surface area contributed by atoms with Crippen molar-refractivity contribution in [3.63, 3.8) is 0 Å². The molecule has 1 rings (SSSR count). The summed E-state index contributed by atoms with van der Waals surface area (Å²) in [6, 6.07) is 7.05. The second kappa shape index (κ2) is 6.81. The van der Waals surface area contributed by atoms with Crippen molar-refractivity contribution in [1.82, 2.24) is 5.32 Å². The molecule has 0 saturated heterocycles. The van der Waals surface area contributed by atoms with Gasteiger partial charge in [0.2, 0.25) is 0 Å². The molecule has 0 heterocycles. The fourth-order valence-corrected chi connectivity index (χ4v) is 1.40. The van der Waals surface area contributed by atoms with Crippen LogP contribution < -0.4 is 10.6 Å². The Balaban J connectivity index is 2.68. The summed E-state index contributed by atoms with van der Waals surface area (Å²) in [5, 5.41) is 14.2. The van der Waals surface area contributed by atoms with E-state index in [0.29, 0.717) is 12.1 Å². The standard InChI is InChI=1S/C15H20N2O2/c1-15(2,3)17-14(19)16-13-9-6-8-12(11-13)7-4-5-10-18/h6,8-9,11,18H,5,10H2,1-3H3,(H2,16,17,19). The number of urea groups is 1. The molecular weight excluding hydrogens is 240 g/mol. The largest absolute Gasteiger partial charge is 0.395 e. The third-order valence-electron chi connectivity index (χ3n) is 2.08. The number of aliphatic hydroxyl groups excluding tert-OH is 1. The van der Waals surface area contributed by atoms with Crippen LogP contribution in [-0.4, -0.2) is 23.3 Å². The number of hydrogen-bond donors (Lipinski definition) is 3. The number of nitrogens with one attached hydrogen (secondary N) is 2. The number of rotatable bonds is 2. The molecule has 1 aromatic rings. The van der Waals surface area contributed by atoms with Crippen LogP contribution in [-0.2, 0) is 0 Å². The number of benzene rings is 1. The van der Waals surface area contributed by atoms with Gasteiger partial charge in [0, 0.05) is 23.2 Å². The van der Waals surface area contributed by atoms with Crippen molar-refractivity contribution in [2.45, 2.75) is 32.7 Å². The second-order valence-corrected chi connectivity index (χ2v) is 5.19. The Morgan fingerprint density at radius 2 is 2.11 bits per heavy atom. The molecule has 2 amide bonds. The van der Waals surface area contributed by atoms with Gasteiger partial charge in [-0.1, -0.05) is 17.9 Å². The minimum atomic E-state index is -0.275. The van der Waals surface area contributed by atoms with Crippen LogP contribution in [0.25, 0.3) is 0 Å². The minimum absolute atomic E-state index is 0.0545. The summed E-state index contributed by atoms with van der Waals surface area (Å²) < 4.78 is 0. The molecule has 1 aromatic carbocycles. The van der Waals surface area contributed by atoms with Crippen LogP contribution in [0.1, 0.15) is 32.8 Å². The van der Waals surface area contributed by atoms with E-state index in [9.17, 15) is 4.79 Å². The monoisotopic (exact) mass is 260 g/mol. The smallest absolute Gasteiger partial charge is 0.319 e. The van der Waals surface area contributed by atoms with E-state index >= 15 is 0 Å². The van der Waals surface area contributed by atoms with Gasteiger partial charge < -0.3 is 15.7 Å². The van der Waals surface area contributed by atoms with E-state index in [1.165, 1.54) is 0 Å². The molecule has 0 aliphatic carbocycles. The Morgan fingerprint density at radius 3 is 2.74 bits per heavy atom. The van der Waals surface area contributed by atoms with E-state index in [2.05, 4.69) is 22.5 Å². The number of hydrogen-bond acceptors (Lipinski definition) is 2. The lowest BCUT2D eigenvalue weighted by Crippen LogP contribution is -2.43. The zero-order chi connectivity index (χ0) is 14.3. The highest BCUT2D eigenvalue weighted by molar-refractivity contribution is 5.89. The van der Waals surface area contributed by atoms with Crippen molar-refractivity contribution in [2.24, 2.45) is 0 Å². The summed E-state index contributed by atoms with van der Waals surface area (Å²) in [5.74, 6) is 5.77. The first-order chi connectivity index (χ1) is 8.90. The van der Waals surface area contributed by atoms with Gasteiger partial charge in [0.15, 0.2) is 0 Å². The number of anilines is 1. The molecule has 102 valence electrons. The van der Waals surface area contributed by atoms with Gasteiger partial charge in [-0.05, 0) is 39.0 Å². The summed E-state index contributed by atoms with van der Waals surface area (Å²) in [6.45, 7) is 5.81. The Hall–Kier alpha value is -1.99. The maximum atomic E-state index is 11.7. The zero-order valence-electron chi connectivity index (χ0n) is 11.6. The fraction of sp³-hybridized carbons (Fsp3) is 0.400. The molecular formula is C15H20N2O2. The molecule has 0 saturated carbocycles. The van der Waals surface area contributed by atoms with Crippen LogP contribution in [0.15, 0.2) is 24.3 Å². The first kappa shape index (κ1) is 15.1. The molecule has 0 unspecified atom stereocenters. The summed E-state index contributed by atoms with van der Waals surface area (Å²) in [7, 11) is 0. The van der Waals surface area contributed by atoms with E-state index in [0.717, 1.165) is 5.56 Å². The molecule has 0 aliphatic heterocycles. The van der Waals surface area contributed by atoms with Crippen molar-refractivity contribution in [2.75, 3.05) is 11.9 Å². The molecule has 0 bridgehead atoms. The van der Waals surface area contributed by atoms with Crippen LogP contribution in [0, 0.1) is 11.8 Å². The Kier molecular flexibility index (Phi) is 5.40. The van der Waals surface area contributed by atoms with Gasteiger partial charge in [-0.3, -0.25) is 0 Å². The number of aliphatic hydroxyl groups is 1. The van der Waals surface area contributed by atoms with Crippen LogP contribution in [0.3, 0.4) is 0 Å². The van der Waals surface area contributed by atoms with Gasteiger partial charge in [-0.15, -0.1) is 0 Å². The van der Waals surface area contributed by atoms with Crippen molar-refractivity contribution in [1.29, 1.82) is 0 Å². The Morgan fingerprint density at radius 1 is 1.37 bits per heavy atom. The van der Waals surface area contributed by atoms with Crippen molar-refractivity contribution >= 4 is 11.7 Å². The maximum absolute atomic E-state index is 11.7. The van der Waals surface area contributed by atoms with E-state index in [-0.39, 0.29) is 18.2 Å². The molecule has 0 aliphatic rings. The topological polar surface area (TPSA) is 61.4 Å². The SMILES string of the molecule is CC(C)(C)NC(=O)Nc1cccc(C#CCCO)c1. The lowest BCUT2D eigenvalue weighted by Gasteiger charge is -2.20. The maximum Gasteiger partial charge on any atom is 0.319 e. The molecule has 0 atom stereocenters. The molecule has 0 spiro atoms. The number of carbonyl (C=O) groups excluding carboxylic acids is 1. The molecule has 4 nitrogen and oxygen atoms in total. The summed E-state index contributed by atoms with van der Waals surface area (Å²) in [5.41, 5.74) is 1.22. The predicted octanol–water partition coefficient (Wildman–Crippen LogP) is 2.34. The fourth-order valence-electron chi connectivity index (χ4n) is 1.40. The normalized spacial score (nSPS) is 10.3. The average Bonchev–Trinajstić information content (AvgIpc) is 2.27. The first-order valence-corrected chi connectivity index (χ1v) is 6.20. The molecule has 3 N–H and O–H groups in total. The Bertz CT molecular complexity index is 493. The number of amides is 2. The lowest BCUT2D eigenvalue weighted by atomic mass is 10.1. The molecule has 0 fully saturated rings. The Labute approximate surface area is 114 Å². The molecule has 0 aromatic heterocycles. The molecule has 0 radical (unpaired) electrons. The van der Waals surface area contributed by atoms with Crippen molar-refractivity contribution in [3.05, 3.63) is 29.8 Å². The van der Waals surface area contributed by atoms with Gasteiger partial charge in [0.25, 0.3) is 0 Å². The van der Waals surface area contributed by atoms with E-state index < -0.39 is 0 Å². The van der Waals surface area contributed by atoms with E-state index in [1.54, 1.807) is 12.1 Å². The zero-order valence-corrected chi connectivity index (χ0v) is 11.6. The van der Waals surface area contributed by atoms with Crippen LogP contribution in [0.4, 0.5) is 10.5 Å². The van der Waals surface area contributed by atoms with Crippen LogP contribution >= 0.6 is 0 Å². The third kappa shape index (κ3) is 6.49. The summed E-state index contributed by atoms with van der Waals surface area (Å²) in [4.78, 5) is 11.7. The highest BCUT2D eigenvalue weighted by Gasteiger charge is 2.13. The first-order valence-electron chi connectivity index (χ1n) is 6.20. The average molecular weight is 260 g/mol. The van der Waals surface area contributed by atoms with Gasteiger partial charge >= 0.3 is 6.03 Å². The van der Waals surface area contributed by atoms with Crippen LogP contribution in [0.5, 0.6) is 0 Å². The van der Waals surface area contributed by atoms with Gasteiger partial charge in [0.1, 0.15) is 0 Å². The lowest BCUT2D eigenvalue weighted by molar-refractivity contribution is 0.244. The second-order valence-electron chi connectivity index (χ2n) is 5.19. The predicted molar refractivity (Wildman–Crippen MR) is 76.9 cm³/mol.